The van der Waals surface area contributed by atoms with Crippen molar-refractivity contribution in [2.75, 3.05) is 5.32 Å². The van der Waals surface area contributed by atoms with Gasteiger partial charge in [-0.3, -0.25) is 13.8 Å². The zero-order valence-corrected chi connectivity index (χ0v) is 17.3. The second-order valence-electron chi connectivity index (χ2n) is 7.09. The van der Waals surface area contributed by atoms with Crippen LogP contribution in [0.1, 0.15) is 34.6 Å². The van der Waals surface area contributed by atoms with Gasteiger partial charge in [0.25, 0.3) is 16.0 Å². The highest BCUT2D eigenvalue weighted by Crippen LogP contribution is 2.25. The molecule has 1 amide bonds. The number of benzene rings is 3. The number of ketones is 1. The molecule has 30 heavy (non-hydrogen) atoms. The summed E-state index contributed by atoms with van der Waals surface area (Å²) in [4.78, 5) is 24.7. The second kappa shape index (κ2) is 8.61. The molecule has 0 saturated heterocycles. The summed E-state index contributed by atoms with van der Waals surface area (Å²) in [6, 6.07) is 22.6. The van der Waals surface area contributed by atoms with Crippen molar-refractivity contribution in [1.82, 2.24) is 0 Å². The minimum Gasteiger partial charge on any atom is -0.322 e. The molecule has 0 atom stereocenters. The number of hydrogen-bond acceptors (Lipinski definition) is 5. The van der Waals surface area contributed by atoms with Gasteiger partial charge in [0.1, 0.15) is 5.60 Å². The zero-order chi connectivity index (χ0) is 21.8. The minimum atomic E-state index is -4.20. The third-order valence-corrected chi connectivity index (χ3v) is 5.82. The van der Waals surface area contributed by atoms with E-state index in [1.165, 1.54) is 38.1 Å². The van der Waals surface area contributed by atoms with Gasteiger partial charge in [-0.05, 0) is 50.2 Å². The van der Waals surface area contributed by atoms with E-state index in [2.05, 4.69) is 5.32 Å². The average molecular weight is 423 g/mol. The quantitative estimate of drug-likeness (QED) is 0.452. The number of hydrogen-bond donors (Lipinski definition) is 1. The van der Waals surface area contributed by atoms with Gasteiger partial charge in [0, 0.05) is 16.8 Å². The molecule has 0 spiro atoms. The van der Waals surface area contributed by atoms with Crippen LogP contribution in [0.4, 0.5) is 5.69 Å². The fourth-order valence-electron chi connectivity index (χ4n) is 2.80. The summed E-state index contributed by atoms with van der Waals surface area (Å²) >= 11 is 0. The van der Waals surface area contributed by atoms with Crippen LogP contribution in [-0.2, 0) is 14.3 Å². The highest BCUT2D eigenvalue weighted by Gasteiger charge is 2.35. The van der Waals surface area contributed by atoms with Crippen molar-refractivity contribution in [1.29, 1.82) is 0 Å². The molecule has 6 nitrogen and oxygen atoms in total. The van der Waals surface area contributed by atoms with Crippen molar-refractivity contribution in [3.05, 3.63) is 96.1 Å². The van der Waals surface area contributed by atoms with Crippen molar-refractivity contribution >= 4 is 27.5 Å². The molecule has 0 fully saturated rings. The predicted molar refractivity (Wildman–Crippen MR) is 114 cm³/mol. The summed E-state index contributed by atoms with van der Waals surface area (Å²) in [6.45, 7) is 2.82. The topological polar surface area (TPSA) is 89.5 Å². The molecule has 1 N–H and O–H groups in total. The van der Waals surface area contributed by atoms with E-state index in [0.717, 1.165) is 0 Å². The van der Waals surface area contributed by atoms with Gasteiger partial charge < -0.3 is 5.32 Å². The normalized spacial score (nSPS) is 11.7. The molecule has 0 radical (unpaired) electrons. The van der Waals surface area contributed by atoms with Crippen molar-refractivity contribution < 1.29 is 22.2 Å². The van der Waals surface area contributed by atoms with Gasteiger partial charge in [0.05, 0.1) is 4.90 Å². The maximum Gasteiger partial charge on any atom is 0.297 e. The standard InChI is InChI=1S/C23H21NO5S/c1-23(2,21(25)17-9-5-3-6-10-17)29-30(27,28)20-15-13-19(14-16-20)24-22(26)18-11-7-4-8-12-18/h3-16H,1-2H3,(H,24,26). The molecule has 3 rings (SSSR count). The number of carbonyl (C=O) groups excluding carboxylic acids is 2. The van der Waals surface area contributed by atoms with Crippen LogP contribution in [0, 0.1) is 0 Å². The summed E-state index contributed by atoms with van der Waals surface area (Å²) < 4.78 is 30.6. The van der Waals surface area contributed by atoms with E-state index in [9.17, 15) is 18.0 Å². The summed E-state index contributed by atoms with van der Waals surface area (Å²) in [6.07, 6.45) is 0. The highest BCUT2D eigenvalue weighted by molar-refractivity contribution is 7.86. The van der Waals surface area contributed by atoms with Crippen molar-refractivity contribution in [3.8, 4) is 0 Å². The lowest BCUT2D eigenvalue weighted by atomic mass is 9.97. The summed E-state index contributed by atoms with van der Waals surface area (Å²) in [5.41, 5.74) is -0.307. The second-order valence-corrected chi connectivity index (χ2v) is 8.63. The number of rotatable bonds is 7. The number of carbonyl (C=O) groups is 2. The van der Waals surface area contributed by atoms with Crippen LogP contribution in [0.3, 0.4) is 0 Å². The van der Waals surface area contributed by atoms with Crippen molar-refractivity contribution in [3.63, 3.8) is 0 Å². The first-order valence-electron chi connectivity index (χ1n) is 9.21. The molecule has 0 heterocycles. The minimum absolute atomic E-state index is 0.117. The molecular formula is C23H21NO5S. The average Bonchev–Trinajstić information content (AvgIpc) is 2.74. The van der Waals surface area contributed by atoms with E-state index in [1.807, 2.05) is 0 Å². The van der Waals surface area contributed by atoms with E-state index < -0.39 is 21.5 Å². The van der Waals surface area contributed by atoms with Crippen molar-refractivity contribution in [2.45, 2.75) is 24.3 Å². The summed E-state index contributed by atoms with van der Waals surface area (Å²) in [5.74, 6) is -0.754. The fourth-order valence-corrected chi connectivity index (χ4v) is 3.98. The van der Waals surface area contributed by atoms with Gasteiger partial charge in [0.15, 0.2) is 5.78 Å². The SMILES string of the molecule is CC(C)(OS(=O)(=O)c1ccc(NC(=O)c2ccccc2)cc1)C(=O)c1ccccc1. The van der Waals surface area contributed by atoms with E-state index in [1.54, 1.807) is 60.7 Å². The maximum atomic E-state index is 12.7. The molecule has 0 aromatic heterocycles. The van der Waals surface area contributed by atoms with Gasteiger partial charge >= 0.3 is 0 Å². The third-order valence-electron chi connectivity index (χ3n) is 4.34. The highest BCUT2D eigenvalue weighted by atomic mass is 32.2. The Bertz CT molecular complexity index is 1140. The van der Waals surface area contributed by atoms with E-state index in [0.29, 0.717) is 16.8 Å². The molecular weight excluding hydrogens is 402 g/mol. The van der Waals surface area contributed by atoms with Gasteiger partial charge in [-0.1, -0.05) is 48.5 Å². The van der Waals surface area contributed by atoms with Gasteiger partial charge in [-0.2, -0.15) is 8.42 Å². The predicted octanol–water partition coefficient (Wildman–Crippen LogP) is 4.31. The van der Waals surface area contributed by atoms with Crippen LogP contribution in [0.5, 0.6) is 0 Å². The summed E-state index contributed by atoms with van der Waals surface area (Å²) in [7, 11) is -4.20. The molecule has 0 unspecified atom stereocenters. The first-order valence-corrected chi connectivity index (χ1v) is 10.6. The first kappa shape index (κ1) is 21.4. The van der Waals surface area contributed by atoms with E-state index >= 15 is 0 Å². The van der Waals surface area contributed by atoms with Crippen LogP contribution < -0.4 is 5.32 Å². The Kier molecular flexibility index (Phi) is 6.14. The third kappa shape index (κ3) is 5.00. The number of amides is 1. The molecule has 3 aromatic rings. The zero-order valence-electron chi connectivity index (χ0n) is 16.5. The van der Waals surface area contributed by atoms with Gasteiger partial charge in [-0.15, -0.1) is 0 Å². The molecule has 0 saturated carbocycles. The number of Topliss-reactive ketones (excluding diaryl/α,β-unsaturated/α-hetero) is 1. The molecule has 154 valence electrons. The number of anilines is 1. The van der Waals surface area contributed by atoms with Crippen LogP contribution >= 0.6 is 0 Å². The Morgan fingerprint density at radius 3 is 1.80 bits per heavy atom. The Morgan fingerprint density at radius 1 is 0.767 bits per heavy atom. The molecule has 0 aliphatic carbocycles. The van der Waals surface area contributed by atoms with Crippen LogP contribution in [0.25, 0.3) is 0 Å². The lowest BCUT2D eigenvalue weighted by Gasteiger charge is -2.23. The molecule has 0 aliphatic heterocycles. The lowest BCUT2D eigenvalue weighted by Crippen LogP contribution is -2.37. The Balaban J connectivity index is 1.73. The fraction of sp³-hybridized carbons (Fsp3) is 0.130. The first-order chi connectivity index (χ1) is 14.2. The monoisotopic (exact) mass is 423 g/mol. The maximum absolute atomic E-state index is 12.7. The lowest BCUT2D eigenvalue weighted by molar-refractivity contribution is 0.0605. The molecule has 7 heteroatoms. The van der Waals surface area contributed by atoms with Gasteiger partial charge in [-0.25, -0.2) is 0 Å². The Hall–Kier alpha value is -3.29. The smallest absolute Gasteiger partial charge is 0.297 e. The largest absolute Gasteiger partial charge is 0.322 e. The van der Waals surface area contributed by atoms with Crippen molar-refractivity contribution in [2.24, 2.45) is 0 Å². The number of nitrogens with one attached hydrogen (secondary N) is 1. The van der Waals surface area contributed by atoms with Crippen LogP contribution in [0.2, 0.25) is 0 Å². The molecule has 0 aliphatic rings. The van der Waals surface area contributed by atoms with Crippen LogP contribution in [0.15, 0.2) is 89.8 Å². The molecule has 3 aromatic carbocycles. The summed E-state index contributed by atoms with van der Waals surface area (Å²) in [5, 5.41) is 2.70. The Morgan fingerprint density at radius 2 is 1.27 bits per heavy atom. The van der Waals surface area contributed by atoms with E-state index in [-0.39, 0.29) is 10.8 Å². The molecule has 0 bridgehead atoms. The van der Waals surface area contributed by atoms with Crippen LogP contribution in [-0.4, -0.2) is 25.7 Å². The van der Waals surface area contributed by atoms with E-state index in [4.69, 9.17) is 4.18 Å². The Labute approximate surface area is 175 Å². The van der Waals surface area contributed by atoms with Gasteiger partial charge in [0.2, 0.25) is 0 Å².